The maximum atomic E-state index is 12.3. The SMILES string of the molecule is [C-]#[N+]c1c(-c2ccccc2)c(C#N)c(-n2c3ccccc3c3ccc4c5cc(C(C)(C)C)cc(C(C)(C)C)c5oc4c32)c(-c2ccccc2)c1-n1c2c(ccc3c4ccccc4oc32)c2ccc3c4ccccc4sc3c21. The summed E-state index contributed by atoms with van der Waals surface area (Å²) in [4.78, 5) is 4.67. The van der Waals surface area contributed by atoms with Crippen LogP contribution in [-0.2, 0) is 10.8 Å². The van der Waals surface area contributed by atoms with Crippen molar-refractivity contribution in [1.82, 2.24) is 9.13 Å². The Labute approximate surface area is 447 Å². The molecule has 0 aliphatic carbocycles. The first-order chi connectivity index (χ1) is 37.4. The lowest BCUT2D eigenvalue weighted by molar-refractivity contribution is 0.559. The van der Waals surface area contributed by atoms with Crippen LogP contribution in [0.3, 0.4) is 0 Å². The highest BCUT2D eigenvalue weighted by atomic mass is 32.1. The number of nitriles is 1. The van der Waals surface area contributed by atoms with Gasteiger partial charge < -0.3 is 18.0 Å². The molecule has 0 radical (unpaired) electrons. The van der Waals surface area contributed by atoms with Crippen LogP contribution < -0.4 is 0 Å². The molecule has 10 aromatic carbocycles. The molecule has 0 aliphatic heterocycles. The Morgan fingerprint density at radius 1 is 0.481 bits per heavy atom. The number of nitrogens with zero attached hydrogens (tertiary/aromatic N) is 4. The molecule has 0 aliphatic rings. The van der Waals surface area contributed by atoms with Crippen molar-refractivity contribution in [3.05, 3.63) is 210 Å². The van der Waals surface area contributed by atoms with E-state index in [-0.39, 0.29) is 10.8 Å². The van der Waals surface area contributed by atoms with Crippen LogP contribution >= 0.6 is 11.3 Å². The van der Waals surface area contributed by atoms with Crippen molar-refractivity contribution < 1.29 is 8.83 Å². The molecule has 366 valence electrons. The molecule has 0 spiro atoms. The molecule has 5 heterocycles. The van der Waals surface area contributed by atoms with Crippen LogP contribution in [0.2, 0.25) is 0 Å². The second-order valence-electron chi connectivity index (χ2n) is 22.5. The van der Waals surface area contributed by atoms with Gasteiger partial charge >= 0.3 is 0 Å². The normalized spacial score (nSPS) is 12.5. The summed E-state index contributed by atoms with van der Waals surface area (Å²) >= 11 is 1.76. The lowest BCUT2D eigenvalue weighted by Crippen LogP contribution is -2.16. The second-order valence-corrected chi connectivity index (χ2v) is 23.6. The molecule has 0 N–H and O–H groups in total. The first-order valence-corrected chi connectivity index (χ1v) is 27.0. The number of para-hydroxylation sites is 2. The third-order valence-corrected chi connectivity index (χ3v) is 17.2. The summed E-state index contributed by atoms with van der Waals surface area (Å²) in [5.74, 6) is 0. The van der Waals surface area contributed by atoms with Crippen LogP contribution in [0.25, 0.3) is 146 Å². The monoisotopic (exact) mass is 1010 g/mol. The van der Waals surface area contributed by atoms with Gasteiger partial charge in [0.25, 0.3) is 0 Å². The van der Waals surface area contributed by atoms with E-state index in [0.29, 0.717) is 28.2 Å². The van der Waals surface area contributed by atoms with Crippen LogP contribution in [0, 0.1) is 17.9 Å². The molecule has 6 nitrogen and oxygen atoms in total. The van der Waals surface area contributed by atoms with E-state index in [1.165, 1.54) is 15.6 Å². The fraction of sp³-hybridized carbons (Fsp3) is 0.114. The van der Waals surface area contributed by atoms with Crippen LogP contribution in [-0.4, -0.2) is 9.13 Å². The van der Waals surface area contributed by atoms with E-state index in [4.69, 9.17) is 8.83 Å². The van der Waals surface area contributed by atoms with Gasteiger partial charge in [-0.25, -0.2) is 4.85 Å². The third-order valence-electron chi connectivity index (χ3n) is 16.0. The molecule has 5 aromatic heterocycles. The maximum absolute atomic E-state index is 12.3. The van der Waals surface area contributed by atoms with Gasteiger partial charge in [0.15, 0.2) is 11.2 Å². The summed E-state index contributed by atoms with van der Waals surface area (Å²) in [6.07, 6.45) is 0. The molecule has 77 heavy (non-hydrogen) atoms. The number of furan rings is 2. The molecule has 0 bridgehead atoms. The van der Waals surface area contributed by atoms with Crippen molar-refractivity contribution in [2.75, 3.05) is 0 Å². The standard InChI is InChI=1S/C70H48N4O2S/c1-69(2,3)41-36-51-49-34-30-45-42-24-14-17-27-54(42)73(61(45)67(49)76-65(51)53(37-41)70(4,5)6)60-52(38-71)57(39-20-10-8-11-21-39)59(72-7)64(58(60)40-22-12-9-13-23-40)74-62-46(31-33-48-43-25-15-18-28-55(43)75-66(48)62)47-32-35-50-44-26-16-19-29-56(44)77-68(50)63(47)74/h8-37H,1-6H3. The first kappa shape index (κ1) is 45.0. The molecule has 0 saturated heterocycles. The fourth-order valence-electron chi connectivity index (χ4n) is 12.5. The van der Waals surface area contributed by atoms with Gasteiger partial charge in [-0.15, -0.1) is 11.3 Å². The summed E-state index contributed by atoms with van der Waals surface area (Å²) in [5, 5.41) is 22.6. The highest BCUT2D eigenvalue weighted by Gasteiger charge is 2.35. The van der Waals surface area contributed by atoms with Crippen molar-refractivity contribution in [2.24, 2.45) is 0 Å². The first-order valence-electron chi connectivity index (χ1n) is 26.2. The average Bonchev–Trinajstić information content (AvgIpc) is 4.30. The van der Waals surface area contributed by atoms with Gasteiger partial charge in [0, 0.05) is 75.3 Å². The number of hydrogen-bond acceptors (Lipinski definition) is 4. The molecule has 15 aromatic rings. The predicted molar refractivity (Wildman–Crippen MR) is 322 cm³/mol. The Balaban J connectivity index is 1.24. The lowest BCUT2D eigenvalue weighted by atomic mass is 9.79. The highest BCUT2D eigenvalue weighted by Crippen LogP contribution is 2.55. The minimum atomic E-state index is -0.240. The van der Waals surface area contributed by atoms with Crippen molar-refractivity contribution in [2.45, 2.75) is 52.4 Å². The van der Waals surface area contributed by atoms with Crippen molar-refractivity contribution in [3.8, 4) is 39.7 Å². The quantitative estimate of drug-likeness (QED) is 0.165. The summed E-state index contributed by atoms with van der Waals surface area (Å²) in [6.45, 7) is 23.2. The zero-order valence-corrected chi connectivity index (χ0v) is 44.2. The Hall–Kier alpha value is -9.40. The molecule has 0 saturated carbocycles. The van der Waals surface area contributed by atoms with Gasteiger partial charge in [-0.3, -0.25) is 0 Å². The van der Waals surface area contributed by atoms with E-state index in [0.717, 1.165) is 120 Å². The molecule has 0 fully saturated rings. The van der Waals surface area contributed by atoms with E-state index in [1.807, 2.05) is 48.5 Å². The van der Waals surface area contributed by atoms with Crippen LogP contribution in [0.5, 0.6) is 0 Å². The summed E-state index contributed by atoms with van der Waals surface area (Å²) in [5.41, 5.74) is 13.6. The molecule has 15 rings (SSSR count). The number of thiophene rings is 1. The average molecular weight is 1010 g/mol. The second kappa shape index (κ2) is 16.1. The fourth-order valence-corrected chi connectivity index (χ4v) is 13.7. The van der Waals surface area contributed by atoms with Gasteiger partial charge in [0.1, 0.15) is 17.2 Å². The van der Waals surface area contributed by atoms with E-state index in [2.05, 4.69) is 195 Å². The molecule has 0 unspecified atom stereocenters. The summed E-state index contributed by atoms with van der Waals surface area (Å²) in [7, 11) is 0. The van der Waals surface area contributed by atoms with Crippen molar-refractivity contribution >= 4 is 125 Å². The van der Waals surface area contributed by atoms with E-state index >= 15 is 0 Å². The zero-order valence-electron chi connectivity index (χ0n) is 43.3. The number of fused-ring (bicyclic) bond motifs is 18. The Morgan fingerprint density at radius 3 is 1.73 bits per heavy atom. The van der Waals surface area contributed by atoms with Crippen molar-refractivity contribution in [3.63, 3.8) is 0 Å². The van der Waals surface area contributed by atoms with Gasteiger partial charge in [0.05, 0.1) is 50.3 Å². The third kappa shape index (κ3) is 6.27. The minimum absolute atomic E-state index is 0.125. The van der Waals surface area contributed by atoms with Crippen LogP contribution in [0.15, 0.2) is 191 Å². The van der Waals surface area contributed by atoms with Gasteiger partial charge in [-0.05, 0) is 63.9 Å². The lowest BCUT2D eigenvalue weighted by Gasteiger charge is -2.25. The molecular formula is C70H48N4O2S. The van der Waals surface area contributed by atoms with E-state index < -0.39 is 0 Å². The molecule has 0 amide bonds. The largest absolute Gasteiger partial charge is 0.454 e. The van der Waals surface area contributed by atoms with Gasteiger partial charge in [-0.1, -0.05) is 187 Å². The smallest absolute Gasteiger partial charge is 0.220 e. The maximum Gasteiger partial charge on any atom is 0.220 e. The molecular weight excluding hydrogens is 961 g/mol. The summed E-state index contributed by atoms with van der Waals surface area (Å²) < 4.78 is 21.5. The zero-order chi connectivity index (χ0) is 52.2. The van der Waals surface area contributed by atoms with Crippen LogP contribution in [0.1, 0.15) is 58.2 Å². The van der Waals surface area contributed by atoms with Crippen molar-refractivity contribution in [1.29, 1.82) is 5.26 Å². The topological polar surface area (TPSA) is 64.3 Å². The number of hydrogen-bond donors (Lipinski definition) is 0. The number of rotatable bonds is 4. The van der Waals surface area contributed by atoms with E-state index in [9.17, 15) is 11.8 Å². The minimum Gasteiger partial charge on any atom is -0.454 e. The van der Waals surface area contributed by atoms with Gasteiger partial charge in [0.2, 0.25) is 5.69 Å². The Morgan fingerprint density at radius 2 is 1.04 bits per heavy atom. The predicted octanol–water partition coefficient (Wildman–Crippen LogP) is 20.4. The van der Waals surface area contributed by atoms with E-state index in [1.54, 1.807) is 11.3 Å². The Bertz CT molecular complexity index is 5000. The Kier molecular flexibility index (Phi) is 9.39. The number of benzene rings is 10. The molecule has 0 atom stereocenters. The summed E-state index contributed by atoms with van der Waals surface area (Å²) in [6, 6.07) is 66.5. The van der Waals surface area contributed by atoms with Crippen LogP contribution in [0.4, 0.5) is 5.69 Å². The molecule has 7 heteroatoms. The van der Waals surface area contributed by atoms with Gasteiger partial charge in [-0.2, -0.15) is 5.26 Å². The number of aromatic nitrogens is 2. The highest BCUT2D eigenvalue weighted by molar-refractivity contribution is 7.26.